The third-order valence-corrected chi connectivity index (χ3v) is 5.24. The van der Waals surface area contributed by atoms with Crippen LogP contribution in [0.15, 0.2) is 30.3 Å². The SMILES string of the molecule is CCCc1cc(OC)c(-c2cccc3c2C(C)(C)C(=O)N3C)c(OC)c1. The van der Waals surface area contributed by atoms with Crippen LogP contribution in [-0.4, -0.2) is 27.2 Å². The van der Waals surface area contributed by atoms with Gasteiger partial charge in [-0.3, -0.25) is 4.79 Å². The number of methoxy groups -OCH3 is 2. The van der Waals surface area contributed by atoms with Crippen LogP contribution in [0, 0.1) is 0 Å². The Hall–Kier alpha value is -2.49. The summed E-state index contributed by atoms with van der Waals surface area (Å²) in [5, 5.41) is 0. The van der Waals surface area contributed by atoms with Gasteiger partial charge >= 0.3 is 0 Å². The summed E-state index contributed by atoms with van der Waals surface area (Å²) < 4.78 is 11.5. The van der Waals surface area contributed by atoms with E-state index in [1.165, 1.54) is 5.56 Å². The standard InChI is InChI=1S/C22H27NO3/c1-7-9-14-12-17(25-5)19(18(13-14)26-6)15-10-8-11-16-20(15)22(2,3)21(24)23(16)4/h8,10-13H,7,9H2,1-6H3. The van der Waals surface area contributed by atoms with Gasteiger partial charge in [0.15, 0.2) is 0 Å². The molecule has 1 heterocycles. The summed E-state index contributed by atoms with van der Waals surface area (Å²) in [6.45, 7) is 6.11. The summed E-state index contributed by atoms with van der Waals surface area (Å²) in [6.07, 6.45) is 2.02. The monoisotopic (exact) mass is 353 g/mol. The lowest BCUT2D eigenvalue weighted by Gasteiger charge is -2.22. The molecule has 0 aliphatic carbocycles. The van der Waals surface area contributed by atoms with Crippen LogP contribution in [0.3, 0.4) is 0 Å². The van der Waals surface area contributed by atoms with Crippen molar-refractivity contribution in [3.05, 3.63) is 41.5 Å². The van der Waals surface area contributed by atoms with Crippen LogP contribution in [0.2, 0.25) is 0 Å². The van der Waals surface area contributed by atoms with Crippen LogP contribution in [0.5, 0.6) is 11.5 Å². The molecular weight excluding hydrogens is 326 g/mol. The third kappa shape index (κ3) is 2.64. The highest BCUT2D eigenvalue weighted by Crippen LogP contribution is 2.50. The minimum atomic E-state index is -0.598. The first-order valence-corrected chi connectivity index (χ1v) is 9.03. The van der Waals surface area contributed by atoms with E-state index in [1.807, 2.05) is 39.1 Å². The zero-order valence-electron chi connectivity index (χ0n) is 16.5. The first-order valence-electron chi connectivity index (χ1n) is 9.03. The number of nitrogens with zero attached hydrogens (tertiary/aromatic N) is 1. The van der Waals surface area contributed by atoms with Crippen LogP contribution in [-0.2, 0) is 16.6 Å². The second-order valence-corrected chi connectivity index (χ2v) is 7.31. The summed E-state index contributed by atoms with van der Waals surface area (Å²) in [5.74, 6) is 1.65. The van der Waals surface area contributed by atoms with Gasteiger partial charge < -0.3 is 14.4 Å². The minimum Gasteiger partial charge on any atom is -0.496 e. The van der Waals surface area contributed by atoms with Gasteiger partial charge in [0.05, 0.1) is 25.2 Å². The largest absolute Gasteiger partial charge is 0.496 e. The lowest BCUT2D eigenvalue weighted by atomic mass is 9.80. The predicted molar refractivity (Wildman–Crippen MR) is 105 cm³/mol. The summed E-state index contributed by atoms with van der Waals surface area (Å²) >= 11 is 0. The quantitative estimate of drug-likeness (QED) is 0.790. The maximum absolute atomic E-state index is 12.8. The fourth-order valence-corrected chi connectivity index (χ4v) is 3.99. The highest BCUT2D eigenvalue weighted by Gasteiger charge is 2.44. The summed E-state index contributed by atoms with van der Waals surface area (Å²) in [6, 6.07) is 10.2. The van der Waals surface area contributed by atoms with E-state index in [2.05, 4.69) is 19.1 Å². The molecule has 4 nitrogen and oxygen atoms in total. The number of likely N-dealkylation sites (N-methyl/N-ethyl adjacent to an activating group) is 1. The maximum Gasteiger partial charge on any atom is 0.236 e. The molecule has 0 spiro atoms. The van der Waals surface area contributed by atoms with E-state index in [0.29, 0.717) is 0 Å². The highest BCUT2D eigenvalue weighted by atomic mass is 16.5. The van der Waals surface area contributed by atoms with E-state index in [-0.39, 0.29) is 5.91 Å². The van der Waals surface area contributed by atoms with Crippen molar-refractivity contribution in [2.75, 3.05) is 26.2 Å². The van der Waals surface area contributed by atoms with Gasteiger partial charge in [0, 0.05) is 12.7 Å². The van der Waals surface area contributed by atoms with E-state index >= 15 is 0 Å². The van der Waals surface area contributed by atoms with Crippen molar-refractivity contribution < 1.29 is 14.3 Å². The van der Waals surface area contributed by atoms with E-state index in [4.69, 9.17) is 9.47 Å². The number of aryl methyl sites for hydroxylation is 1. The first-order chi connectivity index (χ1) is 12.4. The number of rotatable bonds is 5. The summed E-state index contributed by atoms with van der Waals surface area (Å²) in [5.41, 5.74) is 4.44. The Morgan fingerprint density at radius 1 is 1.08 bits per heavy atom. The van der Waals surface area contributed by atoms with Gasteiger partial charge in [0.1, 0.15) is 11.5 Å². The lowest BCUT2D eigenvalue weighted by Crippen LogP contribution is -2.33. The molecule has 2 aromatic rings. The van der Waals surface area contributed by atoms with E-state index < -0.39 is 5.41 Å². The van der Waals surface area contributed by atoms with Crippen molar-refractivity contribution in [3.8, 4) is 22.6 Å². The van der Waals surface area contributed by atoms with Gasteiger partial charge in [-0.25, -0.2) is 0 Å². The number of amides is 1. The van der Waals surface area contributed by atoms with Crippen molar-refractivity contribution in [1.82, 2.24) is 0 Å². The van der Waals surface area contributed by atoms with Crippen LogP contribution in [0.25, 0.3) is 11.1 Å². The van der Waals surface area contributed by atoms with Gasteiger partial charge in [0.2, 0.25) is 5.91 Å². The molecule has 0 radical (unpaired) electrons. The number of carbonyl (C=O) groups is 1. The number of hydrogen-bond acceptors (Lipinski definition) is 3. The number of ether oxygens (including phenoxy) is 2. The van der Waals surface area contributed by atoms with Crippen molar-refractivity contribution in [1.29, 1.82) is 0 Å². The third-order valence-electron chi connectivity index (χ3n) is 5.24. The van der Waals surface area contributed by atoms with Crippen molar-refractivity contribution in [3.63, 3.8) is 0 Å². The first kappa shape index (κ1) is 18.3. The number of benzene rings is 2. The van der Waals surface area contributed by atoms with Gasteiger partial charge in [0.25, 0.3) is 0 Å². The Morgan fingerprint density at radius 2 is 1.69 bits per heavy atom. The Morgan fingerprint density at radius 3 is 2.23 bits per heavy atom. The Labute approximate surface area is 155 Å². The van der Waals surface area contributed by atoms with Gasteiger partial charge in [-0.05, 0) is 55.2 Å². The second-order valence-electron chi connectivity index (χ2n) is 7.31. The average Bonchev–Trinajstić information content (AvgIpc) is 2.82. The molecule has 0 aromatic heterocycles. The fourth-order valence-electron chi connectivity index (χ4n) is 3.99. The summed E-state index contributed by atoms with van der Waals surface area (Å²) in [7, 11) is 5.19. The van der Waals surface area contributed by atoms with Gasteiger partial charge in [-0.2, -0.15) is 0 Å². The van der Waals surface area contributed by atoms with Crippen LogP contribution < -0.4 is 14.4 Å². The smallest absolute Gasteiger partial charge is 0.236 e. The predicted octanol–water partition coefficient (Wildman–Crippen LogP) is 4.58. The van der Waals surface area contributed by atoms with E-state index in [1.54, 1.807) is 19.1 Å². The molecule has 138 valence electrons. The fraction of sp³-hybridized carbons (Fsp3) is 0.409. The molecule has 1 aliphatic heterocycles. The molecule has 0 fully saturated rings. The highest BCUT2D eigenvalue weighted by molar-refractivity contribution is 6.09. The Kier molecular flexibility index (Phi) is 4.70. The van der Waals surface area contributed by atoms with Crippen molar-refractivity contribution in [2.45, 2.75) is 39.0 Å². The average molecular weight is 353 g/mol. The zero-order valence-corrected chi connectivity index (χ0v) is 16.5. The van der Waals surface area contributed by atoms with Crippen molar-refractivity contribution >= 4 is 11.6 Å². The number of hydrogen-bond donors (Lipinski definition) is 0. The minimum absolute atomic E-state index is 0.0977. The molecule has 1 aliphatic rings. The molecule has 0 N–H and O–H groups in total. The molecule has 0 unspecified atom stereocenters. The van der Waals surface area contributed by atoms with Crippen LogP contribution in [0.4, 0.5) is 5.69 Å². The van der Waals surface area contributed by atoms with E-state index in [9.17, 15) is 4.79 Å². The molecule has 0 bridgehead atoms. The number of fused-ring (bicyclic) bond motifs is 1. The Bertz CT molecular complexity index is 829. The van der Waals surface area contributed by atoms with E-state index in [0.717, 1.165) is 46.7 Å². The maximum atomic E-state index is 12.8. The molecule has 0 saturated carbocycles. The van der Waals surface area contributed by atoms with Gasteiger partial charge in [-0.1, -0.05) is 25.5 Å². The Balaban J connectivity index is 2.32. The topological polar surface area (TPSA) is 38.8 Å². The lowest BCUT2D eigenvalue weighted by molar-refractivity contribution is -0.121. The van der Waals surface area contributed by atoms with Crippen molar-refractivity contribution in [2.24, 2.45) is 0 Å². The normalized spacial score (nSPS) is 15.2. The zero-order chi connectivity index (χ0) is 19.1. The van der Waals surface area contributed by atoms with Crippen LogP contribution in [0.1, 0.15) is 38.3 Å². The number of anilines is 1. The summed E-state index contributed by atoms with van der Waals surface area (Å²) in [4.78, 5) is 14.5. The van der Waals surface area contributed by atoms with Gasteiger partial charge in [-0.15, -0.1) is 0 Å². The van der Waals surface area contributed by atoms with Crippen LogP contribution >= 0.6 is 0 Å². The molecule has 1 amide bonds. The molecule has 0 atom stereocenters. The molecule has 2 aromatic carbocycles. The number of carbonyl (C=O) groups excluding carboxylic acids is 1. The molecule has 0 saturated heterocycles. The molecule has 3 rings (SSSR count). The second kappa shape index (κ2) is 6.67. The molecule has 26 heavy (non-hydrogen) atoms. The molecular formula is C22H27NO3. The molecule has 4 heteroatoms.